The van der Waals surface area contributed by atoms with E-state index in [0.29, 0.717) is 11.6 Å². The summed E-state index contributed by atoms with van der Waals surface area (Å²) in [6.45, 7) is -2.16. The van der Waals surface area contributed by atoms with Gasteiger partial charge in [-0.1, -0.05) is 41.9 Å². The lowest BCUT2D eigenvalue weighted by Crippen LogP contribution is -2.18. The summed E-state index contributed by atoms with van der Waals surface area (Å²) in [6, 6.07) is 24.2. The molecule has 0 aliphatic carbocycles. The molecule has 1 heterocycles. The third-order valence-electron chi connectivity index (χ3n) is 4.62. The maximum absolute atomic E-state index is 12.4. The van der Waals surface area contributed by atoms with Crippen molar-refractivity contribution in [2.24, 2.45) is 5.10 Å². The van der Waals surface area contributed by atoms with Gasteiger partial charge in [0.25, 0.3) is 0 Å². The van der Waals surface area contributed by atoms with Crippen LogP contribution < -0.4 is 9.75 Å². The molecule has 0 saturated heterocycles. The highest BCUT2D eigenvalue weighted by molar-refractivity contribution is 6.30. The van der Waals surface area contributed by atoms with Gasteiger partial charge in [0.05, 0.1) is 17.9 Å². The minimum absolute atomic E-state index is 0.0544. The second-order valence-corrected chi connectivity index (χ2v) is 6.85. The fourth-order valence-electron chi connectivity index (χ4n) is 3.29. The highest BCUT2D eigenvalue weighted by Gasteiger charge is 2.29. The van der Waals surface area contributed by atoms with E-state index in [-0.39, 0.29) is 11.7 Å². The Hall–Kier alpha value is -2.92. The summed E-state index contributed by atoms with van der Waals surface area (Å²) in [7, 11) is 0. The van der Waals surface area contributed by atoms with E-state index in [2.05, 4.69) is 16.9 Å². The third kappa shape index (κ3) is 3.99. The molecule has 1 atom stereocenters. The van der Waals surface area contributed by atoms with Crippen molar-refractivity contribution in [2.45, 2.75) is 12.5 Å². The minimum atomic E-state index is -2.84. The van der Waals surface area contributed by atoms with E-state index in [1.165, 1.54) is 12.1 Å². The van der Waals surface area contributed by atoms with E-state index >= 15 is 0 Å². The Morgan fingerprint density at radius 1 is 0.929 bits per heavy atom. The Bertz CT molecular complexity index is 960. The Labute approximate surface area is 166 Å². The van der Waals surface area contributed by atoms with Crippen molar-refractivity contribution in [1.82, 2.24) is 0 Å². The van der Waals surface area contributed by atoms with Crippen molar-refractivity contribution in [3.63, 3.8) is 0 Å². The number of hydrazone groups is 1. The Kier molecular flexibility index (Phi) is 5.26. The van der Waals surface area contributed by atoms with Gasteiger partial charge in [-0.05, 0) is 59.7 Å². The molecule has 1 aliphatic heterocycles. The molecule has 1 unspecified atom stereocenters. The second kappa shape index (κ2) is 7.98. The third-order valence-corrected chi connectivity index (χ3v) is 4.87. The van der Waals surface area contributed by atoms with Gasteiger partial charge in [-0.15, -0.1) is 0 Å². The Balaban J connectivity index is 1.69. The van der Waals surface area contributed by atoms with Crippen molar-refractivity contribution in [3.05, 3.63) is 95.0 Å². The molecule has 0 aromatic heterocycles. The van der Waals surface area contributed by atoms with Gasteiger partial charge in [0, 0.05) is 10.9 Å². The van der Waals surface area contributed by atoms with Crippen molar-refractivity contribution < 1.29 is 13.5 Å². The molecule has 0 saturated carbocycles. The first-order valence-corrected chi connectivity index (χ1v) is 9.20. The SMILES string of the molecule is FC(F)Oc1ccc(C2=NN(c3ccc(Cl)cc3)CC2c2ccccc2)cc1. The maximum atomic E-state index is 12.4. The average molecular weight is 399 g/mol. The molecule has 1 aliphatic rings. The molecule has 0 radical (unpaired) electrons. The first-order valence-electron chi connectivity index (χ1n) is 8.82. The zero-order chi connectivity index (χ0) is 19.5. The van der Waals surface area contributed by atoms with Gasteiger partial charge in [-0.25, -0.2) is 0 Å². The highest BCUT2D eigenvalue weighted by Crippen LogP contribution is 2.32. The van der Waals surface area contributed by atoms with Crippen LogP contribution in [0.25, 0.3) is 0 Å². The van der Waals surface area contributed by atoms with Crippen LogP contribution in [0.3, 0.4) is 0 Å². The molecule has 6 heteroatoms. The van der Waals surface area contributed by atoms with Gasteiger partial charge in [-0.2, -0.15) is 13.9 Å². The van der Waals surface area contributed by atoms with E-state index in [1.807, 2.05) is 47.5 Å². The summed E-state index contributed by atoms with van der Waals surface area (Å²) >= 11 is 6.00. The predicted molar refractivity (Wildman–Crippen MR) is 108 cm³/mol. The van der Waals surface area contributed by atoms with Crippen molar-refractivity contribution >= 4 is 23.0 Å². The van der Waals surface area contributed by atoms with Crippen LogP contribution in [0.2, 0.25) is 5.02 Å². The Morgan fingerprint density at radius 2 is 1.61 bits per heavy atom. The van der Waals surface area contributed by atoms with Crippen molar-refractivity contribution in [1.29, 1.82) is 0 Å². The second-order valence-electron chi connectivity index (χ2n) is 6.41. The molecule has 0 amide bonds. The van der Waals surface area contributed by atoms with E-state index < -0.39 is 6.61 Å². The van der Waals surface area contributed by atoms with Crippen LogP contribution >= 0.6 is 11.6 Å². The van der Waals surface area contributed by atoms with Crippen LogP contribution in [0, 0.1) is 0 Å². The summed E-state index contributed by atoms with van der Waals surface area (Å²) in [6.07, 6.45) is 0. The van der Waals surface area contributed by atoms with E-state index in [9.17, 15) is 8.78 Å². The lowest BCUT2D eigenvalue weighted by molar-refractivity contribution is -0.0498. The number of rotatable bonds is 5. The molecule has 0 bridgehead atoms. The van der Waals surface area contributed by atoms with E-state index in [4.69, 9.17) is 16.7 Å². The average Bonchev–Trinajstić information content (AvgIpc) is 3.15. The van der Waals surface area contributed by atoms with Crippen LogP contribution in [0.15, 0.2) is 84.0 Å². The molecule has 0 N–H and O–H groups in total. The monoisotopic (exact) mass is 398 g/mol. The zero-order valence-electron chi connectivity index (χ0n) is 14.8. The van der Waals surface area contributed by atoms with Gasteiger partial charge in [0.2, 0.25) is 0 Å². The summed E-state index contributed by atoms with van der Waals surface area (Å²) in [4.78, 5) is 0. The van der Waals surface area contributed by atoms with Crippen LogP contribution in [0.5, 0.6) is 5.75 Å². The minimum Gasteiger partial charge on any atom is -0.435 e. The molecule has 3 aromatic rings. The number of halogens is 3. The van der Waals surface area contributed by atoms with E-state index in [0.717, 1.165) is 22.5 Å². The number of benzene rings is 3. The lowest BCUT2D eigenvalue weighted by atomic mass is 9.90. The van der Waals surface area contributed by atoms with Crippen LogP contribution in [-0.4, -0.2) is 18.9 Å². The molecular formula is C22H17ClF2N2O. The smallest absolute Gasteiger partial charge is 0.387 e. The quantitative estimate of drug-likeness (QED) is 0.530. The molecular weight excluding hydrogens is 382 g/mol. The van der Waals surface area contributed by atoms with Crippen LogP contribution in [-0.2, 0) is 0 Å². The van der Waals surface area contributed by atoms with Gasteiger partial charge >= 0.3 is 6.61 Å². The van der Waals surface area contributed by atoms with Crippen LogP contribution in [0.4, 0.5) is 14.5 Å². The van der Waals surface area contributed by atoms with E-state index in [1.54, 1.807) is 12.1 Å². The first kappa shape index (κ1) is 18.4. The number of nitrogens with zero attached hydrogens (tertiary/aromatic N) is 2. The summed E-state index contributed by atoms with van der Waals surface area (Å²) in [5.74, 6) is 0.182. The lowest BCUT2D eigenvalue weighted by Gasteiger charge is -2.16. The number of hydrogen-bond donors (Lipinski definition) is 0. The van der Waals surface area contributed by atoms with Crippen molar-refractivity contribution in [3.8, 4) is 5.75 Å². The standard InChI is InChI=1S/C22H17ClF2N2O/c23-17-8-10-18(11-9-17)27-14-20(15-4-2-1-3-5-15)21(26-27)16-6-12-19(13-7-16)28-22(24)25/h1-13,20,22H,14H2. The number of hydrogen-bond acceptors (Lipinski definition) is 3. The molecule has 4 rings (SSSR count). The topological polar surface area (TPSA) is 24.8 Å². The summed E-state index contributed by atoms with van der Waals surface area (Å²) in [5.41, 5.74) is 3.83. The molecule has 3 nitrogen and oxygen atoms in total. The van der Waals surface area contributed by atoms with Gasteiger partial charge < -0.3 is 4.74 Å². The van der Waals surface area contributed by atoms with Crippen LogP contribution in [0.1, 0.15) is 17.0 Å². The zero-order valence-corrected chi connectivity index (χ0v) is 15.6. The normalized spacial score (nSPS) is 16.4. The van der Waals surface area contributed by atoms with Gasteiger partial charge in [-0.3, -0.25) is 5.01 Å². The van der Waals surface area contributed by atoms with Gasteiger partial charge in [0.1, 0.15) is 5.75 Å². The summed E-state index contributed by atoms with van der Waals surface area (Å²) < 4.78 is 29.3. The number of alkyl halides is 2. The largest absolute Gasteiger partial charge is 0.435 e. The predicted octanol–water partition coefficient (Wildman–Crippen LogP) is 5.95. The number of anilines is 1. The first-order chi connectivity index (χ1) is 13.6. The molecule has 3 aromatic carbocycles. The molecule has 142 valence electrons. The highest BCUT2D eigenvalue weighted by atomic mass is 35.5. The summed E-state index contributed by atoms with van der Waals surface area (Å²) in [5, 5.41) is 7.43. The molecule has 0 fully saturated rings. The maximum Gasteiger partial charge on any atom is 0.387 e. The van der Waals surface area contributed by atoms with Crippen molar-refractivity contribution in [2.75, 3.05) is 11.6 Å². The molecule has 28 heavy (non-hydrogen) atoms. The van der Waals surface area contributed by atoms with Gasteiger partial charge in [0.15, 0.2) is 0 Å². The Morgan fingerprint density at radius 3 is 2.25 bits per heavy atom. The molecule has 0 spiro atoms. The number of ether oxygens (including phenoxy) is 1. The fraction of sp³-hybridized carbons (Fsp3) is 0.136. The fourth-order valence-corrected chi connectivity index (χ4v) is 3.42.